The Morgan fingerprint density at radius 1 is 1.00 bits per heavy atom. The molecule has 0 bridgehead atoms. The predicted molar refractivity (Wildman–Crippen MR) is 65.8 cm³/mol. The third-order valence-electron chi connectivity index (χ3n) is 2.45. The van der Waals surface area contributed by atoms with Crippen LogP contribution in [0.4, 0.5) is 18.9 Å². The minimum absolute atomic E-state index is 0.109. The van der Waals surface area contributed by atoms with Crippen molar-refractivity contribution in [1.82, 2.24) is 0 Å². The first-order chi connectivity index (χ1) is 9.38. The highest BCUT2D eigenvalue weighted by Gasteiger charge is 2.15. The van der Waals surface area contributed by atoms with Gasteiger partial charge in [-0.05, 0) is 12.1 Å². The topological polar surface area (TPSA) is 78.3 Å². The number of halogens is 3. The largest absolute Gasteiger partial charge is 0.451 e. The summed E-state index contributed by atoms with van der Waals surface area (Å²) in [6.45, 7) is 0. The Balaban J connectivity index is 2.36. The van der Waals surface area contributed by atoms with Gasteiger partial charge in [-0.15, -0.1) is 0 Å². The number of hydrogen-bond donors (Lipinski definition) is 2. The molecule has 20 heavy (non-hydrogen) atoms. The molecule has 2 aromatic carbocycles. The maximum atomic E-state index is 13.5. The van der Waals surface area contributed by atoms with Crippen molar-refractivity contribution in [3.63, 3.8) is 0 Å². The number of benzene rings is 2. The van der Waals surface area contributed by atoms with E-state index in [1.165, 1.54) is 6.07 Å². The summed E-state index contributed by atoms with van der Waals surface area (Å²) in [4.78, 5) is 10.8. The fourth-order valence-electron chi connectivity index (χ4n) is 1.55. The van der Waals surface area contributed by atoms with Crippen LogP contribution in [0.5, 0.6) is 11.5 Å². The number of nitrogens with two attached hydrogens (primary N) is 2. The van der Waals surface area contributed by atoms with Crippen LogP contribution in [0, 0.1) is 17.5 Å². The summed E-state index contributed by atoms with van der Waals surface area (Å²) < 4.78 is 45.4. The van der Waals surface area contributed by atoms with Gasteiger partial charge in [0.2, 0.25) is 0 Å². The van der Waals surface area contributed by atoms with Gasteiger partial charge in [0.1, 0.15) is 11.6 Å². The van der Waals surface area contributed by atoms with Crippen molar-refractivity contribution in [3.05, 3.63) is 53.3 Å². The van der Waals surface area contributed by atoms with Gasteiger partial charge in [0.25, 0.3) is 5.91 Å². The van der Waals surface area contributed by atoms with E-state index < -0.39 is 29.1 Å². The van der Waals surface area contributed by atoms with E-state index in [4.69, 9.17) is 16.2 Å². The molecule has 0 fully saturated rings. The Morgan fingerprint density at radius 3 is 2.10 bits per heavy atom. The number of rotatable bonds is 3. The van der Waals surface area contributed by atoms with E-state index in [0.29, 0.717) is 0 Å². The van der Waals surface area contributed by atoms with Crippen LogP contribution in [0.25, 0.3) is 0 Å². The van der Waals surface area contributed by atoms with E-state index in [0.717, 1.165) is 24.3 Å². The minimum Gasteiger partial charge on any atom is -0.451 e. The predicted octanol–water partition coefficient (Wildman–Crippen LogP) is 2.58. The summed E-state index contributed by atoms with van der Waals surface area (Å²) in [5.41, 5.74) is 9.72. The number of amides is 1. The first-order valence-electron chi connectivity index (χ1n) is 5.40. The molecule has 4 N–H and O–H groups in total. The lowest BCUT2D eigenvalue weighted by Gasteiger charge is -2.09. The molecule has 0 aliphatic heterocycles. The number of carbonyl (C=O) groups excluding carboxylic acids is 1. The molecule has 0 saturated heterocycles. The molecule has 7 heteroatoms. The Hall–Kier alpha value is -2.70. The van der Waals surface area contributed by atoms with Gasteiger partial charge in [-0.1, -0.05) is 0 Å². The molecular formula is C13H9F3N2O2. The molecule has 0 heterocycles. The first kappa shape index (κ1) is 13.7. The lowest BCUT2D eigenvalue weighted by Crippen LogP contribution is -2.12. The molecule has 1 amide bonds. The smallest absolute Gasteiger partial charge is 0.251 e. The number of anilines is 1. The summed E-state index contributed by atoms with van der Waals surface area (Å²) in [6, 6.07) is 4.76. The van der Waals surface area contributed by atoms with Crippen LogP contribution in [0.3, 0.4) is 0 Å². The monoisotopic (exact) mass is 282 g/mol. The second kappa shape index (κ2) is 5.12. The quantitative estimate of drug-likeness (QED) is 0.849. The molecular weight excluding hydrogens is 273 g/mol. The molecule has 0 aliphatic rings. The lowest BCUT2D eigenvalue weighted by atomic mass is 10.2. The van der Waals surface area contributed by atoms with Gasteiger partial charge < -0.3 is 16.2 Å². The van der Waals surface area contributed by atoms with E-state index in [1.54, 1.807) is 0 Å². The van der Waals surface area contributed by atoms with Crippen molar-refractivity contribution in [2.24, 2.45) is 5.73 Å². The van der Waals surface area contributed by atoms with Gasteiger partial charge in [-0.25, -0.2) is 13.2 Å². The summed E-state index contributed by atoms with van der Waals surface area (Å²) in [5.74, 6) is -4.87. The van der Waals surface area contributed by atoms with E-state index in [9.17, 15) is 18.0 Å². The van der Waals surface area contributed by atoms with Crippen molar-refractivity contribution < 1.29 is 22.7 Å². The summed E-state index contributed by atoms with van der Waals surface area (Å²) in [6.07, 6.45) is 0. The Kier molecular flexibility index (Phi) is 3.51. The van der Waals surface area contributed by atoms with Crippen LogP contribution in [0.1, 0.15) is 10.4 Å². The summed E-state index contributed by atoms with van der Waals surface area (Å²) in [7, 11) is 0. The third-order valence-corrected chi connectivity index (χ3v) is 2.45. The fourth-order valence-corrected chi connectivity index (χ4v) is 1.55. The number of hydrogen-bond acceptors (Lipinski definition) is 3. The van der Waals surface area contributed by atoms with Gasteiger partial charge in [-0.3, -0.25) is 4.79 Å². The molecule has 4 nitrogen and oxygen atoms in total. The Morgan fingerprint density at radius 2 is 1.60 bits per heavy atom. The highest BCUT2D eigenvalue weighted by Crippen LogP contribution is 2.30. The molecule has 2 rings (SSSR count). The number of carbonyl (C=O) groups is 1. The average Bonchev–Trinajstić information content (AvgIpc) is 2.33. The second-order valence-corrected chi connectivity index (χ2v) is 3.92. The van der Waals surface area contributed by atoms with Crippen LogP contribution < -0.4 is 16.2 Å². The fraction of sp³-hybridized carbons (Fsp3) is 0. The molecule has 0 atom stereocenters. The van der Waals surface area contributed by atoms with Crippen LogP contribution in [0.2, 0.25) is 0 Å². The van der Waals surface area contributed by atoms with E-state index in [-0.39, 0.29) is 17.0 Å². The van der Waals surface area contributed by atoms with Gasteiger partial charge in [0, 0.05) is 23.9 Å². The number of ether oxygens (including phenoxy) is 1. The first-order valence-corrected chi connectivity index (χ1v) is 5.40. The van der Waals surface area contributed by atoms with Crippen LogP contribution >= 0.6 is 0 Å². The van der Waals surface area contributed by atoms with Gasteiger partial charge in [-0.2, -0.15) is 0 Å². The van der Waals surface area contributed by atoms with Crippen molar-refractivity contribution in [2.45, 2.75) is 0 Å². The highest BCUT2D eigenvalue weighted by atomic mass is 19.1. The zero-order valence-corrected chi connectivity index (χ0v) is 9.99. The molecule has 0 aromatic heterocycles. The molecule has 104 valence electrons. The van der Waals surface area contributed by atoms with Crippen LogP contribution in [0.15, 0.2) is 30.3 Å². The molecule has 0 saturated carbocycles. The normalized spacial score (nSPS) is 10.3. The maximum Gasteiger partial charge on any atom is 0.251 e. The molecule has 0 unspecified atom stereocenters. The summed E-state index contributed by atoms with van der Waals surface area (Å²) >= 11 is 0. The number of nitrogen functional groups attached to an aromatic ring is 1. The highest BCUT2D eigenvalue weighted by molar-refractivity contribution is 5.93. The minimum atomic E-state index is -1.03. The standard InChI is InChI=1S/C13H9F3N2O2/c14-9-5-7(1-2-8(9)13(18)19)20-12-10(15)3-6(17)4-11(12)16/h1-5H,17H2,(H2,18,19). The van der Waals surface area contributed by atoms with Crippen LogP contribution in [-0.2, 0) is 0 Å². The Labute approximate surface area is 111 Å². The maximum absolute atomic E-state index is 13.5. The average molecular weight is 282 g/mol. The van der Waals surface area contributed by atoms with Crippen molar-refractivity contribution >= 4 is 11.6 Å². The van der Waals surface area contributed by atoms with Gasteiger partial charge in [0.15, 0.2) is 17.4 Å². The van der Waals surface area contributed by atoms with E-state index in [1.807, 2.05) is 0 Å². The van der Waals surface area contributed by atoms with E-state index >= 15 is 0 Å². The summed E-state index contributed by atoms with van der Waals surface area (Å²) in [5, 5.41) is 0. The molecule has 2 aromatic rings. The van der Waals surface area contributed by atoms with Crippen molar-refractivity contribution in [1.29, 1.82) is 0 Å². The van der Waals surface area contributed by atoms with Gasteiger partial charge >= 0.3 is 0 Å². The SMILES string of the molecule is NC(=O)c1ccc(Oc2c(F)cc(N)cc2F)cc1F. The van der Waals surface area contributed by atoms with E-state index in [2.05, 4.69) is 0 Å². The molecule has 0 radical (unpaired) electrons. The Bertz CT molecular complexity index is 666. The van der Waals surface area contributed by atoms with Crippen molar-refractivity contribution in [3.8, 4) is 11.5 Å². The number of primary amides is 1. The third kappa shape index (κ3) is 2.66. The molecule has 0 aliphatic carbocycles. The molecule has 0 spiro atoms. The second-order valence-electron chi connectivity index (χ2n) is 3.92. The zero-order valence-electron chi connectivity index (χ0n) is 9.99. The van der Waals surface area contributed by atoms with Crippen LogP contribution in [-0.4, -0.2) is 5.91 Å². The van der Waals surface area contributed by atoms with Crippen molar-refractivity contribution in [2.75, 3.05) is 5.73 Å². The lowest BCUT2D eigenvalue weighted by molar-refractivity contribution is 0.0996. The van der Waals surface area contributed by atoms with Gasteiger partial charge in [0.05, 0.1) is 5.56 Å². The zero-order chi connectivity index (χ0) is 14.9.